The fraction of sp³-hybridized carbons (Fsp3) is 0.278. The van der Waals surface area contributed by atoms with Crippen LogP contribution in [0, 0.1) is 5.92 Å². The molecule has 2 rings (SSSR count). The smallest absolute Gasteiger partial charge is 0.255 e. The summed E-state index contributed by atoms with van der Waals surface area (Å²) >= 11 is 5.89. The molecule has 0 radical (unpaired) electrons. The minimum atomic E-state index is -0.184. The van der Waals surface area contributed by atoms with Gasteiger partial charge in [-0.15, -0.1) is 0 Å². The molecule has 0 aliphatic carbocycles. The number of nitrogens with one attached hydrogen (secondary N) is 1. The van der Waals surface area contributed by atoms with Crippen LogP contribution >= 0.6 is 11.6 Å². The molecular formula is C18H20ClNO2. The lowest BCUT2D eigenvalue weighted by molar-refractivity contribution is 0.102. The third-order valence-corrected chi connectivity index (χ3v) is 3.40. The second-order valence-corrected chi connectivity index (χ2v) is 5.96. The van der Waals surface area contributed by atoms with Crippen LogP contribution in [-0.2, 0) is 0 Å². The maximum absolute atomic E-state index is 12.1. The zero-order valence-corrected chi connectivity index (χ0v) is 13.6. The third kappa shape index (κ3) is 5.08. The zero-order chi connectivity index (χ0) is 15.9. The van der Waals surface area contributed by atoms with Crippen molar-refractivity contribution in [3.05, 3.63) is 59.1 Å². The van der Waals surface area contributed by atoms with Gasteiger partial charge in [0.2, 0.25) is 0 Å². The number of benzene rings is 2. The Morgan fingerprint density at radius 2 is 1.91 bits per heavy atom. The molecule has 4 heteroatoms. The first-order valence-electron chi connectivity index (χ1n) is 7.34. The van der Waals surface area contributed by atoms with Crippen molar-refractivity contribution < 1.29 is 9.53 Å². The summed E-state index contributed by atoms with van der Waals surface area (Å²) in [5.41, 5.74) is 1.26. The van der Waals surface area contributed by atoms with Crippen molar-refractivity contribution in [2.24, 2.45) is 5.92 Å². The number of carbonyl (C=O) groups is 1. The molecule has 116 valence electrons. The van der Waals surface area contributed by atoms with Gasteiger partial charge >= 0.3 is 0 Å². The Bertz CT molecular complexity index is 623. The topological polar surface area (TPSA) is 38.3 Å². The number of carbonyl (C=O) groups excluding carboxylic acids is 1. The third-order valence-electron chi connectivity index (χ3n) is 3.16. The first-order chi connectivity index (χ1) is 10.5. The average molecular weight is 318 g/mol. The highest BCUT2D eigenvalue weighted by Gasteiger charge is 2.06. The van der Waals surface area contributed by atoms with Crippen LogP contribution in [0.4, 0.5) is 5.69 Å². The SMILES string of the molecule is CC(C)CCOc1ccc(NC(=O)c2cccc(Cl)c2)cc1. The summed E-state index contributed by atoms with van der Waals surface area (Å²) in [7, 11) is 0. The second kappa shape index (κ2) is 7.85. The van der Waals surface area contributed by atoms with Crippen LogP contribution in [-0.4, -0.2) is 12.5 Å². The van der Waals surface area contributed by atoms with Gasteiger partial charge in [-0.3, -0.25) is 4.79 Å². The van der Waals surface area contributed by atoms with Crippen LogP contribution in [0.25, 0.3) is 0 Å². The Hall–Kier alpha value is -2.00. The molecule has 22 heavy (non-hydrogen) atoms. The normalized spacial score (nSPS) is 10.5. The van der Waals surface area contributed by atoms with E-state index in [1.807, 2.05) is 24.3 Å². The molecule has 1 N–H and O–H groups in total. The van der Waals surface area contributed by atoms with E-state index in [9.17, 15) is 4.79 Å². The van der Waals surface area contributed by atoms with Crippen molar-refractivity contribution in [3.63, 3.8) is 0 Å². The van der Waals surface area contributed by atoms with E-state index in [1.165, 1.54) is 0 Å². The summed E-state index contributed by atoms with van der Waals surface area (Å²) < 4.78 is 5.65. The molecule has 3 nitrogen and oxygen atoms in total. The van der Waals surface area contributed by atoms with Gasteiger partial charge in [-0.2, -0.15) is 0 Å². The molecule has 1 amide bonds. The van der Waals surface area contributed by atoms with Gasteiger partial charge in [-0.05, 0) is 54.8 Å². The number of rotatable bonds is 6. The van der Waals surface area contributed by atoms with E-state index in [0.717, 1.165) is 17.9 Å². The summed E-state index contributed by atoms with van der Waals surface area (Å²) in [5.74, 6) is 1.24. The molecule has 0 aliphatic heterocycles. The summed E-state index contributed by atoms with van der Waals surface area (Å²) in [4.78, 5) is 12.1. The molecule has 0 bridgehead atoms. The molecule has 2 aromatic rings. The lowest BCUT2D eigenvalue weighted by Gasteiger charge is -2.09. The van der Waals surface area contributed by atoms with E-state index in [2.05, 4.69) is 19.2 Å². The van der Waals surface area contributed by atoms with E-state index in [0.29, 0.717) is 23.1 Å². The van der Waals surface area contributed by atoms with Gasteiger partial charge in [-0.25, -0.2) is 0 Å². The molecule has 0 spiro atoms. The number of halogens is 1. The number of anilines is 1. The number of hydrogen-bond acceptors (Lipinski definition) is 2. The number of hydrogen-bond donors (Lipinski definition) is 1. The molecule has 0 atom stereocenters. The number of ether oxygens (including phenoxy) is 1. The Morgan fingerprint density at radius 1 is 1.18 bits per heavy atom. The molecule has 0 heterocycles. The van der Waals surface area contributed by atoms with Crippen molar-refractivity contribution >= 4 is 23.2 Å². The Labute approximate surface area is 136 Å². The van der Waals surface area contributed by atoms with Crippen LogP contribution < -0.4 is 10.1 Å². The second-order valence-electron chi connectivity index (χ2n) is 5.52. The molecule has 0 saturated heterocycles. The van der Waals surface area contributed by atoms with Crippen LogP contribution in [0.15, 0.2) is 48.5 Å². The highest BCUT2D eigenvalue weighted by molar-refractivity contribution is 6.31. The van der Waals surface area contributed by atoms with Crippen molar-refractivity contribution in [3.8, 4) is 5.75 Å². The Kier molecular flexibility index (Phi) is 5.84. The predicted molar refractivity (Wildman–Crippen MR) is 90.8 cm³/mol. The quantitative estimate of drug-likeness (QED) is 0.812. The number of amides is 1. The fourth-order valence-electron chi connectivity index (χ4n) is 1.88. The molecule has 0 fully saturated rings. The average Bonchev–Trinajstić information content (AvgIpc) is 2.48. The highest BCUT2D eigenvalue weighted by Crippen LogP contribution is 2.18. The highest BCUT2D eigenvalue weighted by atomic mass is 35.5. The Balaban J connectivity index is 1.92. The van der Waals surface area contributed by atoms with E-state index >= 15 is 0 Å². The summed E-state index contributed by atoms with van der Waals surface area (Å²) in [6.07, 6.45) is 1.02. The maximum atomic E-state index is 12.1. The van der Waals surface area contributed by atoms with E-state index in [4.69, 9.17) is 16.3 Å². The molecule has 2 aromatic carbocycles. The summed E-state index contributed by atoms with van der Waals surface area (Å²) in [6, 6.07) is 14.2. The van der Waals surface area contributed by atoms with Crippen molar-refractivity contribution in [2.75, 3.05) is 11.9 Å². The predicted octanol–water partition coefficient (Wildman–Crippen LogP) is 5.02. The first kappa shape index (κ1) is 16.4. The maximum Gasteiger partial charge on any atom is 0.255 e. The van der Waals surface area contributed by atoms with Gasteiger partial charge < -0.3 is 10.1 Å². The van der Waals surface area contributed by atoms with Gasteiger partial charge in [0.15, 0.2) is 0 Å². The van der Waals surface area contributed by atoms with Crippen molar-refractivity contribution in [1.29, 1.82) is 0 Å². The minimum absolute atomic E-state index is 0.184. The van der Waals surface area contributed by atoms with Crippen molar-refractivity contribution in [1.82, 2.24) is 0 Å². The zero-order valence-electron chi connectivity index (χ0n) is 12.8. The minimum Gasteiger partial charge on any atom is -0.494 e. The van der Waals surface area contributed by atoms with Gasteiger partial charge in [0.05, 0.1) is 6.61 Å². The molecule has 0 unspecified atom stereocenters. The summed E-state index contributed by atoms with van der Waals surface area (Å²) in [6.45, 7) is 5.03. The van der Waals surface area contributed by atoms with Gasteiger partial charge in [-0.1, -0.05) is 31.5 Å². The van der Waals surface area contributed by atoms with Crippen LogP contribution in [0.1, 0.15) is 30.6 Å². The fourth-order valence-corrected chi connectivity index (χ4v) is 2.07. The lowest BCUT2D eigenvalue weighted by atomic mass is 10.1. The van der Waals surface area contributed by atoms with Crippen LogP contribution in [0.2, 0.25) is 5.02 Å². The van der Waals surface area contributed by atoms with Crippen LogP contribution in [0.5, 0.6) is 5.75 Å². The van der Waals surface area contributed by atoms with Gasteiger partial charge in [0.1, 0.15) is 5.75 Å². The van der Waals surface area contributed by atoms with Crippen molar-refractivity contribution in [2.45, 2.75) is 20.3 Å². The monoisotopic (exact) mass is 317 g/mol. The molecular weight excluding hydrogens is 298 g/mol. The largest absolute Gasteiger partial charge is 0.494 e. The van der Waals surface area contributed by atoms with E-state index in [-0.39, 0.29) is 5.91 Å². The molecule has 0 aromatic heterocycles. The first-order valence-corrected chi connectivity index (χ1v) is 7.72. The van der Waals surface area contributed by atoms with E-state index in [1.54, 1.807) is 24.3 Å². The van der Waals surface area contributed by atoms with E-state index < -0.39 is 0 Å². The Morgan fingerprint density at radius 3 is 2.55 bits per heavy atom. The van der Waals surface area contributed by atoms with Gasteiger partial charge in [0, 0.05) is 16.3 Å². The standard InChI is InChI=1S/C18H20ClNO2/c1-13(2)10-11-22-17-8-6-16(7-9-17)20-18(21)14-4-3-5-15(19)12-14/h3-9,12-13H,10-11H2,1-2H3,(H,20,21). The summed E-state index contributed by atoms with van der Waals surface area (Å²) in [5, 5.41) is 3.38. The van der Waals surface area contributed by atoms with Gasteiger partial charge in [0.25, 0.3) is 5.91 Å². The lowest BCUT2D eigenvalue weighted by Crippen LogP contribution is -2.11. The van der Waals surface area contributed by atoms with Crippen LogP contribution in [0.3, 0.4) is 0 Å². The molecule has 0 saturated carbocycles. The molecule has 0 aliphatic rings.